The largest absolute Gasteiger partial charge is 0.507 e. The van der Waals surface area contributed by atoms with E-state index < -0.39 is 5.56 Å². The van der Waals surface area contributed by atoms with Gasteiger partial charge < -0.3 is 5.11 Å². The van der Waals surface area contributed by atoms with Crippen molar-refractivity contribution in [3.8, 4) is 0 Å². The number of aliphatic hydroxyl groups excluding tert-OH is 1. The van der Waals surface area contributed by atoms with Crippen LogP contribution >= 0.6 is 0 Å². The Morgan fingerprint density at radius 3 is 2.84 bits per heavy atom. The molecule has 0 saturated carbocycles. The fourth-order valence-corrected chi connectivity index (χ4v) is 1.59. The quantitative estimate of drug-likeness (QED) is 0.671. The van der Waals surface area contributed by atoms with Gasteiger partial charge in [-0.1, -0.05) is 30.3 Å². The Hall–Kier alpha value is -2.96. The molecule has 2 heterocycles. The smallest absolute Gasteiger partial charge is 0.275 e. The number of nitrogens with one attached hydrogen (secondary N) is 1. The Morgan fingerprint density at radius 1 is 1.26 bits per heavy atom. The van der Waals surface area contributed by atoms with Crippen LogP contribution < -0.4 is 5.56 Å². The van der Waals surface area contributed by atoms with E-state index in [1.165, 1.54) is 6.08 Å². The van der Waals surface area contributed by atoms with E-state index in [-0.39, 0.29) is 22.7 Å². The van der Waals surface area contributed by atoms with Gasteiger partial charge in [-0.3, -0.25) is 9.78 Å². The lowest BCUT2D eigenvalue weighted by atomic mass is 10.1. The lowest BCUT2D eigenvalue weighted by Crippen LogP contribution is -2.12. The van der Waals surface area contributed by atoms with Crippen molar-refractivity contribution in [1.82, 2.24) is 20.3 Å². The maximum Gasteiger partial charge on any atom is 0.275 e. The molecular formula is C12H8N4O3. The summed E-state index contributed by atoms with van der Waals surface area (Å²) in [6, 6.07) is 8.82. The van der Waals surface area contributed by atoms with Crippen LogP contribution in [0.1, 0.15) is 11.3 Å². The molecule has 0 aliphatic carbocycles. The first-order valence-electron chi connectivity index (χ1n) is 5.43. The average molecular weight is 256 g/mol. The van der Waals surface area contributed by atoms with Crippen LogP contribution in [0, 0.1) is 0 Å². The van der Waals surface area contributed by atoms with Gasteiger partial charge in [0.1, 0.15) is 11.5 Å². The Kier molecular flexibility index (Phi) is 2.57. The molecule has 0 aliphatic heterocycles. The highest BCUT2D eigenvalue weighted by molar-refractivity contribution is 5.76. The van der Waals surface area contributed by atoms with Crippen molar-refractivity contribution in [3.63, 3.8) is 0 Å². The summed E-state index contributed by atoms with van der Waals surface area (Å²) in [7, 11) is 0. The monoisotopic (exact) mass is 256 g/mol. The van der Waals surface area contributed by atoms with Gasteiger partial charge in [0, 0.05) is 11.6 Å². The van der Waals surface area contributed by atoms with Gasteiger partial charge in [-0.05, 0) is 10.3 Å². The topological polar surface area (TPSA) is 105 Å². The molecule has 0 aliphatic rings. The molecule has 2 aromatic heterocycles. The average Bonchev–Trinajstić information content (AvgIpc) is 2.87. The molecule has 3 aromatic rings. The molecule has 19 heavy (non-hydrogen) atoms. The maximum absolute atomic E-state index is 11.7. The third kappa shape index (κ3) is 2.08. The number of hydrogen-bond donors (Lipinski definition) is 2. The Balaban J connectivity index is 2.09. The number of aromatic nitrogens is 4. The summed E-state index contributed by atoms with van der Waals surface area (Å²) in [6.45, 7) is 0. The number of fused-ring (bicyclic) bond motifs is 1. The van der Waals surface area contributed by atoms with Gasteiger partial charge in [0.25, 0.3) is 5.56 Å². The molecule has 0 saturated heterocycles. The second-order valence-electron chi connectivity index (χ2n) is 3.78. The van der Waals surface area contributed by atoms with Crippen molar-refractivity contribution >= 4 is 23.1 Å². The molecule has 1 aromatic carbocycles. The minimum Gasteiger partial charge on any atom is -0.507 e. The SMILES string of the molecule is O=c1[nH]c2nonc2nc1/C=C(/O)c1ccccc1. The zero-order valence-corrected chi connectivity index (χ0v) is 9.57. The molecule has 3 rings (SSSR count). The highest BCUT2D eigenvalue weighted by Crippen LogP contribution is 2.13. The van der Waals surface area contributed by atoms with E-state index in [2.05, 4.69) is 24.9 Å². The van der Waals surface area contributed by atoms with E-state index in [0.29, 0.717) is 5.56 Å². The lowest BCUT2D eigenvalue weighted by Gasteiger charge is -1.99. The Labute approximate surface area is 106 Å². The van der Waals surface area contributed by atoms with Gasteiger partial charge in [-0.25, -0.2) is 9.61 Å². The summed E-state index contributed by atoms with van der Waals surface area (Å²) in [5.74, 6) is -0.0607. The zero-order valence-electron chi connectivity index (χ0n) is 9.57. The van der Waals surface area contributed by atoms with Crippen LogP contribution in [0.25, 0.3) is 23.1 Å². The van der Waals surface area contributed by atoms with Gasteiger partial charge >= 0.3 is 0 Å². The van der Waals surface area contributed by atoms with Crippen molar-refractivity contribution in [2.75, 3.05) is 0 Å². The third-order valence-electron chi connectivity index (χ3n) is 2.51. The molecule has 2 N–H and O–H groups in total. The molecule has 7 heteroatoms. The zero-order chi connectivity index (χ0) is 13.2. The highest BCUT2D eigenvalue weighted by Gasteiger charge is 2.08. The molecule has 0 atom stereocenters. The van der Waals surface area contributed by atoms with Gasteiger partial charge in [0.2, 0.25) is 11.3 Å². The van der Waals surface area contributed by atoms with Gasteiger partial charge in [-0.15, -0.1) is 0 Å². The van der Waals surface area contributed by atoms with Crippen molar-refractivity contribution in [1.29, 1.82) is 0 Å². The van der Waals surface area contributed by atoms with Crippen LogP contribution in [0.5, 0.6) is 0 Å². The van der Waals surface area contributed by atoms with Crippen molar-refractivity contribution in [3.05, 3.63) is 51.9 Å². The second-order valence-corrected chi connectivity index (χ2v) is 3.78. The van der Waals surface area contributed by atoms with Crippen molar-refractivity contribution in [2.24, 2.45) is 0 Å². The molecule has 0 amide bonds. The number of H-pyrrole nitrogens is 1. The summed E-state index contributed by atoms with van der Waals surface area (Å²) in [6.07, 6.45) is 1.27. The van der Waals surface area contributed by atoms with Crippen LogP contribution in [0.3, 0.4) is 0 Å². The summed E-state index contributed by atoms with van der Waals surface area (Å²) >= 11 is 0. The summed E-state index contributed by atoms with van der Waals surface area (Å²) in [5.41, 5.74) is 0.477. The number of benzene rings is 1. The van der Waals surface area contributed by atoms with Crippen LogP contribution in [0.2, 0.25) is 0 Å². The Morgan fingerprint density at radius 2 is 2.05 bits per heavy atom. The van der Waals surface area contributed by atoms with Crippen LogP contribution in [0.15, 0.2) is 39.8 Å². The minimum absolute atomic E-state index is 0.0320. The maximum atomic E-state index is 11.7. The van der Waals surface area contributed by atoms with Crippen molar-refractivity contribution in [2.45, 2.75) is 0 Å². The summed E-state index contributed by atoms with van der Waals surface area (Å²) in [5, 5.41) is 16.9. The predicted molar refractivity (Wildman–Crippen MR) is 67.2 cm³/mol. The number of aliphatic hydroxyl groups is 1. The van der Waals surface area contributed by atoms with E-state index in [1.54, 1.807) is 24.3 Å². The standard InChI is InChI=1S/C12H8N4O3/c17-9(7-4-2-1-3-5-7)6-8-12(18)14-11-10(13-8)15-19-16-11/h1-6,17H,(H,14,16,18)/b9-6+. The molecular weight excluding hydrogens is 248 g/mol. The number of hydrogen-bond acceptors (Lipinski definition) is 6. The van der Waals surface area contributed by atoms with Gasteiger partial charge in [-0.2, -0.15) is 0 Å². The van der Waals surface area contributed by atoms with Crippen LogP contribution in [-0.2, 0) is 0 Å². The van der Waals surface area contributed by atoms with Gasteiger partial charge in [0.05, 0.1) is 0 Å². The number of aromatic amines is 1. The lowest BCUT2D eigenvalue weighted by molar-refractivity contribution is 0.314. The van der Waals surface area contributed by atoms with E-state index in [4.69, 9.17) is 0 Å². The third-order valence-corrected chi connectivity index (χ3v) is 2.51. The molecule has 7 nitrogen and oxygen atoms in total. The summed E-state index contributed by atoms with van der Waals surface area (Å²) < 4.78 is 4.45. The normalized spacial score (nSPS) is 11.9. The van der Waals surface area contributed by atoms with Crippen LogP contribution in [0.4, 0.5) is 0 Å². The van der Waals surface area contributed by atoms with E-state index in [0.717, 1.165) is 0 Å². The fraction of sp³-hybridized carbons (Fsp3) is 0. The van der Waals surface area contributed by atoms with E-state index in [1.807, 2.05) is 6.07 Å². The van der Waals surface area contributed by atoms with E-state index >= 15 is 0 Å². The van der Waals surface area contributed by atoms with Crippen molar-refractivity contribution < 1.29 is 9.74 Å². The van der Waals surface area contributed by atoms with E-state index in [9.17, 15) is 9.90 Å². The predicted octanol–water partition coefficient (Wildman–Crippen LogP) is 1.36. The molecule has 0 radical (unpaired) electrons. The fourth-order valence-electron chi connectivity index (χ4n) is 1.59. The van der Waals surface area contributed by atoms with Crippen LogP contribution in [-0.4, -0.2) is 25.4 Å². The highest BCUT2D eigenvalue weighted by atomic mass is 16.6. The first-order chi connectivity index (χ1) is 9.24. The van der Waals surface area contributed by atoms with Gasteiger partial charge in [0.15, 0.2) is 0 Å². The molecule has 0 unspecified atom stereocenters. The first-order valence-corrected chi connectivity index (χ1v) is 5.43. The molecule has 94 valence electrons. The second kappa shape index (κ2) is 4.37. The Bertz CT molecular complexity index is 804. The summed E-state index contributed by atoms with van der Waals surface area (Å²) in [4.78, 5) is 18.1. The minimum atomic E-state index is -0.481. The molecule has 0 spiro atoms. The molecule has 0 bridgehead atoms. The number of rotatable bonds is 2. The number of nitrogens with zero attached hydrogens (tertiary/aromatic N) is 3. The first kappa shape index (κ1) is 11.1. The molecule has 0 fully saturated rings.